The van der Waals surface area contributed by atoms with Gasteiger partial charge >= 0.3 is 0 Å². The molecule has 3 rings (SSSR count). The standard InChI is InChI=1S/C19H25N3O3S/c1-15-13-18(25-2)3-4-19(15)26(23,24)21-14-16-7-11-22(12-8-16)17-5-9-20-10-6-17/h3-6,9-10,13,16,21H,7-8,11-12,14H2,1-2H3. The monoisotopic (exact) mass is 375 g/mol. The molecule has 1 aromatic heterocycles. The number of hydrogen-bond donors (Lipinski definition) is 1. The van der Waals surface area contributed by atoms with E-state index in [-0.39, 0.29) is 0 Å². The van der Waals surface area contributed by atoms with E-state index in [0.29, 0.717) is 28.7 Å². The first-order chi connectivity index (χ1) is 12.5. The summed E-state index contributed by atoms with van der Waals surface area (Å²) in [6.07, 6.45) is 5.53. The third kappa shape index (κ3) is 4.34. The fraction of sp³-hybridized carbons (Fsp3) is 0.421. The summed E-state index contributed by atoms with van der Waals surface area (Å²) in [4.78, 5) is 6.68. The van der Waals surface area contributed by atoms with E-state index in [2.05, 4.69) is 14.6 Å². The van der Waals surface area contributed by atoms with Gasteiger partial charge in [-0.15, -0.1) is 0 Å². The lowest BCUT2D eigenvalue weighted by Gasteiger charge is -2.33. The molecule has 1 aliphatic rings. The van der Waals surface area contributed by atoms with Crippen molar-refractivity contribution >= 4 is 15.7 Å². The number of rotatable bonds is 6. The Morgan fingerprint density at radius 1 is 1.19 bits per heavy atom. The smallest absolute Gasteiger partial charge is 0.240 e. The molecule has 0 radical (unpaired) electrons. The number of ether oxygens (including phenoxy) is 1. The van der Waals surface area contributed by atoms with Crippen LogP contribution in [-0.2, 0) is 10.0 Å². The van der Waals surface area contributed by atoms with E-state index in [1.54, 1.807) is 44.6 Å². The molecule has 1 fully saturated rings. The number of aromatic nitrogens is 1. The second kappa shape index (κ2) is 8.05. The van der Waals surface area contributed by atoms with Crippen molar-refractivity contribution in [1.29, 1.82) is 0 Å². The van der Waals surface area contributed by atoms with Crippen molar-refractivity contribution in [1.82, 2.24) is 9.71 Å². The Morgan fingerprint density at radius 3 is 2.50 bits per heavy atom. The lowest BCUT2D eigenvalue weighted by atomic mass is 9.97. The second-order valence-electron chi connectivity index (χ2n) is 6.62. The Kier molecular flexibility index (Phi) is 5.78. The van der Waals surface area contributed by atoms with Crippen LogP contribution in [0.15, 0.2) is 47.6 Å². The number of anilines is 1. The van der Waals surface area contributed by atoms with Crippen molar-refractivity contribution in [2.24, 2.45) is 5.92 Å². The van der Waals surface area contributed by atoms with Gasteiger partial charge in [-0.2, -0.15) is 0 Å². The highest BCUT2D eigenvalue weighted by Gasteiger charge is 2.23. The first-order valence-corrected chi connectivity index (χ1v) is 10.3. The predicted octanol–water partition coefficient (Wildman–Crippen LogP) is 2.59. The van der Waals surface area contributed by atoms with Crippen molar-refractivity contribution in [2.75, 3.05) is 31.6 Å². The largest absolute Gasteiger partial charge is 0.497 e. The van der Waals surface area contributed by atoms with Gasteiger partial charge in [0.05, 0.1) is 12.0 Å². The van der Waals surface area contributed by atoms with Gasteiger partial charge in [-0.25, -0.2) is 13.1 Å². The van der Waals surface area contributed by atoms with E-state index in [1.165, 1.54) is 5.69 Å². The number of sulfonamides is 1. The molecule has 0 bridgehead atoms. The first-order valence-electron chi connectivity index (χ1n) is 8.79. The Balaban J connectivity index is 1.56. The number of pyridine rings is 1. The highest BCUT2D eigenvalue weighted by atomic mass is 32.2. The average molecular weight is 375 g/mol. The van der Waals surface area contributed by atoms with E-state index in [0.717, 1.165) is 25.9 Å². The highest BCUT2D eigenvalue weighted by Crippen LogP contribution is 2.24. The summed E-state index contributed by atoms with van der Waals surface area (Å²) in [6, 6.07) is 9.03. The number of benzene rings is 1. The second-order valence-corrected chi connectivity index (χ2v) is 8.35. The zero-order valence-electron chi connectivity index (χ0n) is 15.2. The number of nitrogens with zero attached hydrogens (tertiary/aromatic N) is 2. The summed E-state index contributed by atoms with van der Waals surface area (Å²) in [7, 11) is -1.94. The number of nitrogens with one attached hydrogen (secondary N) is 1. The minimum Gasteiger partial charge on any atom is -0.497 e. The van der Waals surface area contributed by atoms with Crippen LogP contribution >= 0.6 is 0 Å². The Morgan fingerprint density at radius 2 is 1.88 bits per heavy atom. The zero-order chi connectivity index (χ0) is 18.6. The summed E-state index contributed by atoms with van der Waals surface area (Å²) in [6.45, 7) is 4.11. The summed E-state index contributed by atoms with van der Waals surface area (Å²) >= 11 is 0. The summed E-state index contributed by atoms with van der Waals surface area (Å²) in [5.74, 6) is 1.01. The molecule has 1 saturated heterocycles. The summed E-state index contributed by atoms with van der Waals surface area (Å²) in [5.41, 5.74) is 1.86. The van der Waals surface area contributed by atoms with Crippen molar-refractivity contribution in [3.63, 3.8) is 0 Å². The van der Waals surface area contributed by atoms with Crippen LogP contribution < -0.4 is 14.4 Å². The molecule has 0 aliphatic carbocycles. The molecule has 0 spiro atoms. The topological polar surface area (TPSA) is 71.5 Å². The molecule has 2 aromatic rings. The SMILES string of the molecule is COc1ccc(S(=O)(=O)NCC2CCN(c3ccncc3)CC2)c(C)c1. The number of hydrogen-bond acceptors (Lipinski definition) is 5. The van der Waals surface area contributed by atoms with Crippen molar-refractivity contribution in [3.05, 3.63) is 48.3 Å². The predicted molar refractivity (Wildman–Crippen MR) is 102 cm³/mol. The lowest BCUT2D eigenvalue weighted by Crippen LogP contribution is -2.38. The molecular weight excluding hydrogens is 350 g/mol. The minimum absolute atomic E-state index is 0.313. The highest BCUT2D eigenvalue weighted by molar-refractivity contribution is 7.89. The molecule has 6 nitrogen and oxygen atoms in total. The number of aryl methyl sites for hydroxylation is 1. The third-order valence-corrected chi connectivity index (χ3v) is 6.46. The summed E-state index contributed by atoms with van der Waals surface area (Å²) in [5, 5.41) is 0. The Hall–Kier alpha value is -2.12. The van der Waals surface area contributed by atoms with Crippen LogP contribution in [0, 0.1) is 12.8 Å². The van der Waals surface area contributed by atoms with E-state index < -0.39 is 10.0 Å². The van der Waals surface area contributed by atoms with Gasteiger partial charge in [0.2, 0.25) is 10.0 Å². The molecule has 1 aliphatic heterocycles. The first kappa shape index (κ1) is 18.7. The van der Waals surface area contributed by atoms with Crippen molar-refractivity contribution < 1.29 is 13.2 Å². The maximum absolute atomic E-state index is 12.6. The Labute approximate surface area is 155 Å². The number of methoxy groups -OCH3 is 1. The molecule has 7 heteroatoms. The fourth-order valence-corrected chi connectivity index (χ4v) is 4.65. The van der Waals surface area contributed by atoms with Crippen LogP contribution in [0.1, 0.15) is 18.4 Å². The minimum atomic E-state index is -3.51. The summed E-state index contributed by atoms with van der Waals surface area (Å²) < 4.78 is 33.1. The molecule has 0 unspecified atom stereocenters. The molecule has 26 heavy (non-hydrogen) atoms. The molecule has 0 atom stereocenters. The van der Waals surface area contributed by atoms with Gasteiger partial charge in [0, 0.05) is 37.7 Å². The van der Waals surface area contributed by atoms with Crippen LogP contribution in [0.2, 0.25) is 0 Å². The van der Waals surface area contributed by atoms with Crippen LogP contribution in [0.4, 0.5) is 5.69 Å². The van der Waals surface area contributed by atoms with Gasteiger partial charge in [0.25, 0.3) is 0 Å². The normalized spacial score (nSPS) is 15.8. The number of piperidine rings is 1. The fourth-order valence-electron chi connectivity index (χ4n) is 3.31. The van der Waals surface area contributed by atoms with Crippen molar-refractivity contribution in [2.45, 2.75) is 24.7 Å². The molecule has 1 N–H and O–H groups in total. The van der Waals surface area contributed by atoms with Gasteiger partial charge in [-0.05, 0) is 61.6 Å². The maximum atomic E-state index is 12.6. The van der Waals surface area contributed by atoms with Gasteiger partial charge in [0.1, 0.15) is 5.75 Å². The maximum Gasteiger partial charge on any atom is 0.240 e. The Bertz CT molecular complexity index is 832. The molecule has 2 heterocycles. The van der Waals surface area contributed by atoms with Crippen molar-refractivity contribution in [3.8, 4) is 5.75 Å². The van der Waals surface area contributed by atoms with E-state index in [4.69, 9.17) is 4.74 Å². The van der Waals surface area contributed by atoms with Gasteiger partial charge in [0.15, 0.2) is 0 Å². The zero-order valence-corrected chi connectivity index (χ0v) is 16.0. The van der Waals surface area contributed by atoms with Gasteiger partial charge in [-0.1, -0.05) is 0 Å². The van der Waals surface area contributed by atoms with Gasteiger partial charge in [-0.3, -0.25) is 4.98 Å². The van der Waals surface area contributed by atoms with Crippen LogP contribution in [0.3, 0.4) is 0 Å². The molecular formula is C19H25N3O3S. The van der Waals surface area contributed by atoms with Gasteiger partial charge < -0.3 is 9.64 Å². The molecule has 0 saturated carbocycles. The van der Waals surface area contributed by atoms with Crippen LogP contribution in [0.25, 0.3) is 0 Å². The van der Waals surface area contributed by atoms with Crippen LogP contribution in [0.5, 0.6) is 5.75 Å². The van der Waals surface area contributed by atoms with Crippen LogP contribution in [-0.4, -0.2) is 40.1 Å². The molecule has 140 valence electrons. The van der Waals surface area contributed by atoms with E-state index in [9.17, 15) is 8.42 Å². The lowest BCUT2D eigenvalue weighted by molar-refractivity contribution is 0.402. The molecule has 0 amide bonds. The average Bonchev–Trinajstić information content (AvgIpc) is 2.67. The third-order valence-electron chi connectivity index (χ3n) is 4.88. The quantitative estimate of drug-likeness (QED) is 0.840. The molecule has 1 aromatic carbocycles. The van der Waals surface area contributed by atoms with E-state index >= 15 is 0 Å². The van der Waals surface area contributed by atoms with E-state index in [1.807, 2.05) is 12.1 Å².